The molecule has 6 nitrogen and oxygen atoms in total. The van der Waals surface area contributed by atoms with Gasteiger partial charge in [0.05, 0.1) is 18.7 Å². The molecule has 0 radical (unpaired) electrons. The highest BCUT2D eigenvalue weighted by Crippen LogP contribution is 2.45. The van der Waals surface area contributed by atoms with E-state index in [9.17, 15) is 14.7 Å². The summed E-state index contributed by atoms with van der Waals surface area (Å²) in [5.74, 6) is -0.0296. The van der Waals surface area contributed by atoms with E-state index in [0.29, 0.717) is 32.8 Å². The number of fused-ring (bicyclic) bond motifs is 2. The van der Waals surface area contributed by atoms with Crippen molar-refractivity contribution in [1.82, 2.24) is 0 Å². The third-order valence-corrected chi connectivity index (χ3v) is 6.29. The van der Waals surface area contributed by atoms with Gasteiger partial charge in [0.2, 0.25) is 6.79 Å². The second-order valence-corrected chi connectivity index (χ2v) is 8.52. The fourth-order valence-electron chi connectivity index (χ4n) is 4.05. The van der Waals surface area contributed by atoms with Gasteiger partial charge in [0, 0.05) is 21.2 Å². The maximum absolute atomic E-state index is 13.5. The molecule has 1 amide bonds. The third-order valence-electron chi connectivity index (χ3n) is 5.69. The van der Waals surface area contributed by atoms with Crippen LogP contribution in [0.2, 0.25) is 10.0 Å². The second-order valence-electron chi connectivity index (χ2n) is 7.67. The average molecular weight is 470 g/mol. The molecule has 0 aliphatic carbocycles. The molecular weight excluding hydrogens is 453 g/mol. The first kappa shape index (κ1) is 20.8. The van der Waals surface area contributed by atoms with Crippen molar-refractivity contribution < 1.29 is 24.2 Å². The maximum atomic E-state index is 13.5. The van der Waals surface area contributed by atoms with Crippen molar-refractivity contribution in [3.63, 3.8) is 0 Å². The van der Waals surface area contributed by atoms with Gasteiger partial charge < -0.3 is 19.5 Å². The van der Waals surface area contributed by atoms with Crippen LogP contribution in [0.15, 0.2) is 60.7 Å². The Kier molecular flexibility index (Phi) is 5.08. The molecule has 32 heavy (non-hydrogen) atoms. The van der Waals surface area contributed by atoms with E-state index in [4.69, 9.17) is 32.7 Å². The van der Waals surface area contributed by atoms with Crippen molar-refractivity contribution in [3.05, 3.63) is 87.4 Å². The lowest BCUT2D eigenvalue weighted by molar-refractivity contribution is -0.136. The van der Waals surface area contributed by atoms with Crippen LogP contribution in [-0.2, 0) is 16.9 Å². The van der Waals surface area contributed by atoms with Crippen LogP contribution < -0.4 is 14.4 Å². The predicted octanol–water partition coefficient (Wildman–Crippen LogP) is 4.73. The quantitative estimate of drug-likeness (QED) is 0.546. The third kappa shape index (κ3) is 3.41. The number of Topliss-reactive ketones (excluding diaryl/α,β-unsaturated/α-hetero) is 1. The van der Waals surface area contributed by atoms with Crippen molar-refractivity contribution in [3.8, 4) is 11.5 Å². The summed E-state index contributed by atoms with van der Waals surface area (Å²) in [6.07, 6.45) is -0.447. The number of benzene rings is 3. The Balaban J connectivity index is 1.50. The molecule has 2 aliphatic heterocycles. The fourth-order valence-corrected chi connectivity index (χ4v) is 4.42. The molecule has 1 atom stereocenters. The van der Waals surface area contributed by atoms with Crippen LogP contribution in [0, 0.1) is 0 Å². The Morgan fingerprint density at radius 1 is 1.03 bits per heavy atom. The van der Waals surface area contributed by atoms with Crippen molar-refractivity contribution in [1.29, 1.82) is 0 Å². The van der Waals surface area contributed by atoms with Gasteiger partial charge in [0.15, 0.2) is 22.9 Å². The molecule has 0 bridgehead atoms. The number of ether oxygens (including phenoxy) is 2. The van der Waals surface area contributed by atoms with E-state index in [-0.39, 0.29) is 18.9 Å². The van der Waals surface area contributed by atoms with Gasteiger partial charge in [0.25, 0.3) is 5.91 Å². The number of hydrogen-bond donors (Lipinski definition) is 1. The molecule has 5 rings (SSSR count). The minimum Gasteiger partial charge on any atom is -0.454 e. The molecule has 8 heteroatoms. The van der Waals surface area contributed by atoms with Gasteiger partial charge in [-0.05, 0) is 48.0 Å². The Morgan fingerprint density at radius 3 is 2.62 bits per heavy atom. The minimum atomic E-state index is -2.06. The zero-order valence-corrected chi connectivity index (χ0v) is 18.2. The van der Waals surface area contributed by atoms with E-state index in [2.05, 4.69) is 0 Å². The Hall–Kier alpha value is -3.06. The highest BCUT2D eigenvalue weighted by molar-refractivity contribution is 6.31. The maximum Gasteiger partial charge on any atom is 0.264 e. The monoisotopic (exact) mass is 469 g/mol. The van der Waals surface area contributed by atoms with Crippen LogP contribution in [0.4, 0.5) is 5.69 Å². The number of amides is 1. The summed E-state index contributed by atoms with van der Waals surface area (Å²) in [4.78, 5) is 28.0. The Morgan fingerprint density at radius 2 is 1.81 bits per heavy atom. The van der Waals surface area contributed by atoms with Crippen LogP contribution in [0.1, 0.15) is 27.9 Å². The lowest BCUT2D eigenvalue weighted by Crippen LogP contribution is -2.41. The minimum absolute atomic E-state index is 0.0816. The summed E-state index contributed by atoms with van der Waals surface area (Å²) in [5.41, 5.74) is -0.260. The number of carbonyl (C=O) groups excluding carboxylic acids is 2. The number of aliphatic hydroxyl groups is 1. The molecule has 2 heterocycles. The summed E-state index contributed by atoms with van der Waals surface area (Å²) in [7, 11) is 0. The Bertz CT molecular complexity index is 1260. The molecule has 3 aromatic carbocycles. The zero-order valence-electron chi connectivity index (χ0n) is 16.7. The molecule has 0 saturated carbocycles. The number of carbonyl (C=O) groups is 2. The second kappa shape index (κ2) is 7.81. The fraction of sp³-hybridized carbons (Fsp3) is 0.167. The van der Waals surface area contributed by atoms with Crippen molar-refractivity contribution in [2.45, 2.75) is 18.6 Å². The molecule has 0 aromatic heterocycles. The van der Waals surface area contributed by atoms with Gasteiger partial charge in [-0.25, -0.2) is 0 Å². The van der Waals surface area contributed by atoms with Gasteiger partial charge in [-0.3, -0.25) is 9.59 Å². The number of hydrogen-bond acceptors (Lipinski definition) is 5. The largest absolute Gasteiger partial charge is 0.454 e. The van der Waals surface area contributed by atoms with Crippen molar-refractivity contribution >= 4 is 40.6 Å². The topological polar surface area (TPSA) is 76.1 Å². The zero-order chi connectivity index (χ0) is 22.5. The van der Waals surface area contributed by atoms with E-state index < -0.39 is 23.7 Å². The summed E-state index contributed by atoms with van der Waals surface area (Å²) >= 11 is 12.5. The van der Waals surface area contributed by atoms with Crippen molar-refractivity contribution in [2.24, 2.45) is 0 Å². The molecule has 162 valence electrons. The van der Waals surface area contributed by atoms with E-state index in [1.54, 1.807) is 48.5 Å². The van der Waals surface area contributed by atoms with E-state index in [1.807, 2.05) is 6.07 Å². The van der Waals surface area contributed by atoms with Gasteiger partial charge in [0.1, 0.15) is 0 Å². The molecular formula is C24H17Cl2NO5. The summed E-state index contributed by atoms with van der Waals surface area (Å²) < 4.78 is 10.6. The van der Waals surface area contributed by atoms with Crippen LogP contribution in [0.3, 0.4) is 0 Å². The molecule has 3 aromatic rings. The first-order chi connectivity index (χ1) is 15.4. The smallest absolute Gasteiger partial charge is 0.264 e. The highest BCUT2D eigenvalue weighted by atomic mass is 35.5. The van der Waals surface area contributed by atoms with Crippen LogP contribution in [0.25, 0.3) is 0 Å². The van der Waals surface area contributed by atoms with Crippen LogP contribution in [0.5, 0.6) is 11.5 Å². The number of nitrogens with zero attached hydrogens (tertiary/aromatic N) is 1. The van der Waals surface area contributed by atoms with E-state index >= 15 is 0 Å². The number of rotatable bonds is 5. The van der Waals surface area contributed by atoms with Gasteiger partial charge in [-0.2, -0.15) is 0 Å². The Labute approximate surface area is 193 Å². The predicted molar refractivity (Wildman–Crippen MR) is 120 cm³/mol. The van der Waals surface area contributed by atoms with Crippen LogP contribution >= 0.6 is 23.2 Å². The molecule has 2 aliphatic rings. The lowest BCUT2D eigenvalue weighted by atomic mass is 9.88. The van der Waals surface area contributed by atoms with E-state index in [0.717, 1.165) is 5.56 Å². The number of ketones is 1. The molecule has 0 unspecified atom stereocenters. The first-order valence-corrected chi connectivity index (χ1v) is 10.6. The van der Waals surface area contributed by atoms with E-state index in [1.165, 1.54) is 11.0 Å². The van der Waals surface area contributed by atoms with Gasteiger partial charge in [-0.15, -0.1) is 0 Å². The normalized spacial score (nSPS) is 18.7. The summed E-state index contributed by atoms with van der Waals surface area (Å²) in [6.45, 7) is 0.228. The number of halogens is 2. The average Bonchev–Trinajstić information content (AvgIpc) is 3.32. The highest BCUT2D eigenvalue weighted by Gasteiger charge is 2.51. The lowest BCUT2D eigenvalue weighted by Gasteiger charge is -2.23. The number of anilines is 1. The molecule has 0 saturated heterocycles. The van der Waals surface area contributed by atoms with Crippen molar-refractivity contribution in [2.75, 3.05) is 11.7 Å². The van der Waals surface area contributed by atoms with Gasteiger partial charge in [-0.1, -0.05) is 41.4 Å². The van der Waals surface area contributed by atoms with Gasteiger partial charge >= 0.3 is 0 Å². The molecule has 1 N–H and O–H groups in total. The summed E-state index contributed by atoms with van der Waals surface area (Å²) in [6, 6.07) is 16.7. The standard InChI is InChI=1S/C24H17Cl2NO5/c25-16-6-7-19-17(10-16)24(30,23(29)27(19)12-15-3-1-2-4-18(15)26)11-20(28)14-5-8-21-22(9-14)32-13-31-21/h1-10,30H,11-13H2/t24-/m1/s1. The first-order valence-electron chi connectivity index (χ1n) is 9.87. The SMILES string of the molecule is O=C(C[C@]1(O)C(=O)N(Cc2ccccc2Cl)c2ccc(Cl)cc21)c1ccc2c(c1)OCO2. The molecule has 0 spiro atoms. The summed E-state index contributed by atoms with van der Waals surface area (Å²) in [5, 5.41) is 12.4. The molecule has 0 fully saturated rings. The van der Waals surface area contributed by atoms with Crippen LogP contribution in [-0.4, -0.2) is 23.6 Å².